The van der Waals surface area contributed by atoms with E-state index in [1.165, 1.54) is 13.2 Å². The number of halogens is 1. The first-order valence-electron chi connectivity index (χ1n) is 5.77. The molecule has 0 saturated heterocycles. The highest BCUT2D eigenvalue weighted by Gasteiger charge is 2.13. The Hall–Kier alpha value is -2.56. The lowest BCUT2D eigenvalue weighted by Crippen LogP contribution is -1.94. The number of rotatable bonds is 2. The minimum Gasteiger partial charge on any atom is -0.494 e. The van der Waals surface area contributed by atoms with Crippen LogP contribution < -0.4 is 10.5 Å². The standard InChI is InChI=1S/C14H12FN3O/c1-19-11-6-5-9(8-10(11)15)13-14(16)18-7-3-2-4-12(18)17-13/h2-8H,16H2,1H3. The van der Waals surface area contributed by atoms with Gasteiger partial charge in [-0.2, -0.15) is 0 Å². The molecule has 0 unspecified atom stereocenters. The van der Waals surface area contributed by atoms with Crippen molar-refractivity contribution in [3.63, 3.8) is 0 Å². The molecule has 0 fully saturated rings. The molecule has 0 aliphatic carbocycles. The quantitative estimate of drug-likeness (QED) is 0.768. The van der Waals surface area contributed by atoms with Crippen LogP contribution >= 0.6 is 0 Å². The first kappa shape index (κ1) is 11.5. The van der Waals surface area contributed by atoms with Crippen LogP contribution in [0.15, 0.2) is 42.6 Å². The van der Waals surface area contributed by atoms with Crippen molar-refractivity contribution in [1.29, 1.82) is 0 Å². The van der Waals surface area contributed by atoms with Crippen LogP contribution in [0, 0.1) is 5.82 Å². The largest absolute Gasteiger partial charge is 0.494 e. The number of hydrogen-bond acceptors (Lipinski definition) is 3. The molecular formula is C14H12FN3O. The van der Waals surface area contributed by atoms with Gasteiger partial charge in [0.25, 0.3) is 0 Å². The predicted molar refractivity (Wildman–Crippen MR) is 71.6 cm³/mol. The maximum Gasteiger partial charge on any atom is 0.165 e. The van der Waals surface area contributed by atoms with Crippen LogP contribution in [0.1, 0.15) is 0 Å². The van der Waals surface area contributed by atoms with Gasteiger partial charge in [0.2, 0.25) is 0 Å². The molecule has 96 valence electrons. The predicted octanol–water partition coefficient (Wildman–Crippen LogP) is 2.73. The fraction of sp³-hybridized carbons (Fsp3) is 0.0714. The summed E-state index contributed by atoms with van der Waals surface area (Å²) >= 11 is 0. The highest BCUT2D eigenvalue weighted by atomic mass is 19.1. The second-order valence-electron chi connectivity index (χ2n) is 4.12. The van der Waals surface area contributed by atoms with E-state index in [1.54, 1.807) is 16.5 Å². The summed E-state index contributed by atoms with van der Waals surface area (Å²) < 4.78 is 20.4. The third-order valence-corrected chi connectivity index (χ3v) is 2.99. The number of nitrogens with two attached hydrogens (primary N) is 1. The number of pyridine rings is 1. The van der Waals surface area contributed by atoms with Crippen LogP contribution in [0.3, 0.4) is 0 Å². The summed E-state index contributed by atoms with van der Waals surface area (Å²) in [5, 5.41) is 0. The Morgan fingerprint density at radius 2 is 2.11 bits per heavy atom. The van der Waals surface area contributed by atoms with Crippen molar-refractivity contribution >= 4 is 11.5 Å². The summed E-state index contributed by atoms with van der Waals surface area (Å²) in [6, 6.07) is 10.3. The SMILES string of the molecule is COc1ccc(-c2nc3ccccn3c2N)cc1F. The van der Waals surface area contributed by atoms with Gasteiger partial charge < -0.3 is 10.5 Å². The maximum absolute atomic E-state index is 13.7. The maximum atomic E-state index is 13.7. The molecule has 19 heavy (non-hydrogen) atoms. The molecular weight excluding hydrogens is 245 g/mol. The second-order valence-corrected chi connectivity index (χ2v) is 4.12. The number of methoxy groups -OCH3 is 1. The van der Waals surface area contributed by atoms with Gasteiger partial charge in [0.15, 0.2) is 11.6 Å². The van der Waals surface area contributed by atoms with E-state index in [9.17, 15) is 4.39 Å². The van der Waals surface area contributed by atoms with Crippen LogP contribution in [0.4, 0.5) is 10.2 Å². The minimum atomic E-state index is -0.434. The van der Waals surface area contributed by atoms with E-state index < -0.39 is 5.82 Å². The van der Waals surface area contributed by atoms with Gasteiger partial charge in [-0.3, -0.25) is 4.40 Å². The number of imidazole rings is 1. The number of nitrogens with zero attached hydrogens (tertiary/aromatic N) is 2. The van der Waals surface area contributed by atoms with Crippen molar-refractivity contribution < 1.29 is 9.13 Å². The fourth-order valence-corrected chi connectivity index (χ4v) is 2.04. The van der Waals surface area contributed by atoms with Gasteiger partial charge in [-0.25, -0.2) is 9.37 Å². The average molecular weight is 257 g/mol. The molecule has 0 aliphatic heterocycles. The Kier molecular flexibility index (Phi) is 2.59. The Balaban J connectivity index is 2.19. The molecule has 3 aromatic rings. The van der Waals surface area contributed by atoms with E-state index in [4.69, 9.17) is 10.5 Å². The summed E-state index contributed by atoms with van der Waals surface area (Å²) in [4.78, 5) is 4.41. The van der Waals surface area contributed by atoms with Crippen molar-refractivity contribution in [2.45, 2.75) is 0 Å². The molecule has 5 heteroatoms. The average Bonchev–Trinajstić information content (AvgIpc) is 2.77. The van der Waals surface area contributed by atoms with Crippen molar-refractivity contribution in [3.05, 3.63) is 48.4 Å². The summed E-state index contributed by atoms with van der Waals surface area (Å²) in [5.74, 6) is 0.253. The monoisotopic (exact) mass is 257 g/mol. The minimum absolute atomic E-state index is 0.200. The second kappa shape index (κ2) is 4.28. The van der Waals surface area contributed by atoms with Gasteiger partial charge in [-0.15, -0.1) is 0 Å². The molecule has 3 rings (SSSR count). The molecule has 4 nitrogen and oxygen atoms in total. The van der Waals surface area contributed by atoms with E-state index in [0.29, 0.717) is 17.1 Å². The zero-order valence-electron chi connectivity index (χ0n) is 10.3. The van der Waals surface area contributed by atoms with E-state index in [2.05, 4.69) is 4.98 Å². The zero-order chi connectivity index (χ0) is 13.4. The Morgan fingerprint density at radius 1 is 1.26 bits per heavy atom. The van der Waals surface area contributed by atoms with Crippen molar-refractivity contribution in [2.75, 3.05) is 12.8 Å². The molecule has 2 N–H and O–H groups in total. The molecule has 1 aromatic carbocycles. The van der Waals surface area contributed by atoms with Crippen LogP contribution in [0.5, 0.6) is 5.75 Å². The van der Waals surface area contributed by atoms with Gasteiger partial charge in [0, 0.05) is 11.8 Å². The molecule has 0 saturated carbocycles. The summed E-state index contributed by atoms with van der Waals surface area (Å²) in [6.07, 6.45) is 1.82. The number of hydrogen-bond donors (Lipinski definition) is 1. The Morgan fingerprint density at radius 3 is 2.79 bits per heavy atom. The van der Waals surface area contributed by atoms with E-state index in [-0.39, 0.29) is 5.75 Å². The number of fused-ring (bicyclic) bond motifs is 1. The number of anilines is 1. The lowest BCUT2D eigenvalue weighted by molar-refractivity contribution is 0.386. The van der Waals surface area contributed by atoms with Crippen molar-refractivity contribution in [2.24, 2.45) is 0 Å². The molecule has 0 radical (unpaired) electrons. The third-order valence-electron chi connectivity index (χ3n) is 2.99. The molecule has 0 aliphatic rings. The molecule has 0 amide bonds. The molecule has 2 aromatic heterocycles. The third kappa shape index (κ3) is 1.79. The Bertz CT molecular complexity index is 752. The van der Waals surface area contributed by atoms with E-state index >= 15 is 0 Å². The molecule has 0 atom stereocenters. The number of nitrogen functional groups attached to an aromatic ring is 1. The van der Waals surface area contributed by atoms with Crippen LogP contribution in [-0.4, -0.2) is 16.5 Å². The van der Waals surface area contributed by atoms with Gasteiger partial charge in [0.1, 0.15) is 17.2 Å². The van der Waals surface area contributed by atoms with Gasteiger partial charge >= 0.3 is 0 Å². The molecule has 0 bridgehead atoms. The topological polar surface area (TPSA) is 52.5 Å². The summed E-state index contributed by atoms with van der Waals surface area (Å²) in [7, 11) is 1.43. The molecule has 2 heterocycles. The van der Waals surface area contributed by atoms with Gasteiger partial charge in [-0.1, -0.05) is 6.07 Å². The number of ether oxygens (including phenoxy) is 1. The highest BCUT2D eigenvalue weighted by molar-refractivity contribution is 5.75. The smallest absolute Gasteiger partial charge is 0.165 e. The highest BCUT2D eigenvalue weighted by Crippen LogP contribution is 2.29. The Labute approximate surface area is 109 Å². The lowest BCUT2D eigenvalue weighted by atomic mass is 10.1. The van der Waals surface area contributed by atoms with Crippen LogP contribution in [-0.2, 0) is 0 Å². The van der Waals surface area contributed by atoms with Gasteiger partial charge in [-0.05, 0) is 30.3 Å². The van der Waals surface area contributed by atoms with E-state index in [0.717, 1.165) is 5.65 Å². The molecule has 0 spiro atoms. The fourth-order valence-electron chi connectivity index (χ4n) is 2.04. The van der Waals surface area contributed by atoms with Crippen molar-refractivity contribution in [1.82, 2.24) is 9.38 Å². The van der Waals surface area contributed by atoms with Crippen LogP contribution in [0.2, 0.25) is 0 Å². The van der Waals surface area contributed by atoms with Crippen LogP contribution in [0.25, 0.3) is 16.9 Å². The van der Waals surface area contributed by atoms with Crippen molar-refractivity contribution in [3.8, 4) is 17.0 Å². The van der Waals surface area contributed by atoms with E-state index in [1.807, 2.05) is 24.4 Å². The first-order valence-corrected chi connectivity index (χ1v) is 5.77. The lowest BCUT2D eigenvalue weighted by Gasteiger charge is -2.04. The zero-order valence-corrected chi connectivity index (χ0v) is 10.3. The summed E-state index contributed by atoms with van der Waals surface area (Å²) in [5.41, 5.74) is 7.95. The summed E-state index contributed by atoms with van der Waals surface area (Å²) in [6.45, 7) is 0. The van der Waals surface area contributed by atoms with Gasteiger partial charge in [0.05, 0.1) is 7.11 Å². The number of aromatic nitrogens is 2. The first-order chi connectivity index (χ1) is 9.20. The normalized spacial score (nSPS) is 10.8. The number of benzene rings is 1.